The monoisotopic (exact) mass is 197 g/mol. The molecule has 0 bridgehead atoms. The van der Waals surface area contributed by atoms with Crippen molar-refractivity contribution < 1.29 is 9.90 Å². The van der Waals surface area contributed by atoms with Gasteiger partial charge < -0.3 is 10.4 Å². The maximum atomic E-state index is 10.7. The maximum Gasteiger partial charge on any atom is 0.326 e. The molecule has 3 nitrogen and oxygen atoms in total. The van der Waals surface area contributed by atoms with Gasteiger partial charge in [-0.2, -0.15) is 0 Å². The van der Waals surface area contributed by atoms with Crippen molar-refractivity contribution in [3.63, 3.8) is 0 Å². The van der Waals surface area contributed by atoms with Crippen molar-refractivity contribution in [1.82, 2.24) is 0 Å². The van der Waals surface area contributed by atoms with Crippen LogP contribution in [0.3, 0.4) is 0 Å². The van der Waals surface area contributed by atoms with Gasteiger partial charge in [-0.15, -0.1) is 0 Å². The quantitative estimate of drug-likeness (QED) is 0.721. The lowest BCUT2D eigenvalue weighted by Gasteiger charge is -2.03. The number of carbonyl (C=O) groups is 1. The van der Waals surface area contributed by atoms with Crippen molar-refractivity contribution in [3.05, 3.63) is 28.8 Å². The van der Waals surface area contributed by atoms with E-state index >= 15 is 0 Å². The molecule has 0 amide bonds. The van der Waals surface area contributed by atoms with Crippen LogP contribution in [0.4, 0.5) is 5.69 Å². The van der Waals surface area contributed by atoms with Crippen LogP contribution in [-0.2, 0) is 11.2 Å². The van der Waals surface area contributed by atoms with E-state index in [1.54, 1.807) is 18.2 Å². The minimum atomic E-state index is -0.827. The van der Waals surface area contributed by atoms with Crippen molar-refractivity contribution >= 4 is 23.3 Å². The number of nitrogens with one attached hydrogen (secondary N) is 1. The average molecular weight is 198 g/mol. The Morgan fingerprint density at radius 2 is 2.38 bits per heavy atom. The largest absolute Gasteiger partial charge is 0.480 e. The molecule has 0 aliphatic carbocycles. The van der Waals surface area contributed by atoms with Crippen molar-refractivity contribution in [3.8, 4) is 0 Å². The predicted octanol–water partition coefficient (Wildman–Crippen LogP) is 1.76. The van der Waals surface area contributed by atoms with Gasteiger partial charge in [0, 0.05) is 17.1 Å². The summed E-state index contributed by atoms with van der Waals surface area (Å²) in [5, 5.41) is 12.3. The Hall–Kier alpha value is -1.22. The van der Waals surface area contributed by atoms with Crippen LogP contribution in [0.5, 0.6) is 0 Å². The summed E-state index contributed by atoms with van der Waals surface area (Å²) in [7, 11) is 0. The van der Waals surface area contributed by atoms with Crippen LogP contribution in [0.1, 0.15) is 5.56 Å². The molecule has 0 fully saturated rings. The summed E-state index contributed by atoms with van der Waals surface area (Å²) in [4.78, 5) is 10.7. The van der Waals surface area contributed by atoms with E-state index in [2.05, 4.69) is 5.32 Å². The molecule has 68 valence electrons. The van der Waals surface area contributed by atoms with Gasteiger partial charge in [0.1, 0.15) is 6.04 Å². The van der Waals surface area contributed by atoms with E-state index in [1.165, 1.54) is 0 Å². The molecular weight excluding hydrogens is 190 g/mol. The van der Waals surface area contributed by atoms with E-state index < -0.39 is 12.0 Å². The highest BCUT2D eigenvalue weighted by Crippen LogP contribution is 2.28. The molecule has 1 aromatic carbocycles. The molecule has 2 rings (SSSR count). The molecule has 2 N–H and O–H groups in total. The Bertz CT molecular complexity index is 365. The van der Waals surface area contributed by atoms with Gasteiger partial charge in [-0.25, -0.2) is 4.79 Å². The van der Waals surface area contributed by atoms with Crippen LogP contribution in [-0.4, -0.2) is 17.1 Å². The molecular formula is C9H8ClNO2. The van der Waals surface area contributed by atoms with Gasteiger partial charge in [0.2, 0.25) is 0 Å². The van der Waals surface area contributed by atoms with E-state index in [9.17, 15) is 4.79 Å². The third kappa shape index (κ3) is 1.47. The first-order valence-corrected chi connectivity index (χ1v) is 4.32. The van der Waals surface area contributed by atoms with E-state index in [1.807, 2.05) is 0 Å². The first-order chi connectivity index (χ1) is 6.16. The lowest BCUT2D eigenvalue weighted by atomic mass is 10.1. The molecule has 1 heterocycles. The predicted molar refractivity (Wildman–Crippen MR) is 50.2 cm³/mol. The highest BCUT2D eigenvalue weighted by Gasteiger charge is 2.25. The highest BCUT2D eigenvalue weighted by molar-refractivity contribution is 6.30. The number of carboxylic acids is 1. The van der Waals surface area contributed by atoms with Crippen LogP contribution in [0.25, 0.3) is 0 Å². The summed E-state index contributed by atoms with van der Waals surface area (Å²) in [5.41, 5.74) is 1.84. The number of rotatable bonds is 1. The molecule has 0 radical (unpaired) electrons. The molecule has 1 aliphatic rings. The fourth-order valence-corrected chi connectivity index (χ4v) is 1.67. The van der Waals surface area contributed by atoms with Crippen molar-refractivity contribution in [1.29, 1.82) is 0 Å². The minimum Gasteiger partial charge on any atom is -0.480 e. The number of hydrogen-bond donors (Lipinski definition) is 2. The van der Waals surface area contributed by atoms with Gasteiger partial charge in [0.25, 0.3) is 0 Å². The van der Waals surface area contributed by atoms with Gasteiger partial charge in [-0.3, -0.25) is 0 Å². The summed E-state index contributed by atoms with van der Waals surface area (Å²) < 4.78 is 0. The molecule has 0 saturated heterocycles. The number of benzene rings is 1. The number of fused-ring (bicyclic) bond motifs is 1. The van der Waals surface area contributed by atoms with Gasteiger partial charge in [-0.05, 0) is 23.8 Å². The molecule has 0 saturated carbocycles. The standard InChI is InChI=1S/C9H8ClNO2/c10-6-1-2-7-5(3-6)4-8(11-7)9(12)13/h1-3,8,11H,4H2,(H,12,13)/t8-/m1/s1. The summed E-state index contributed by atoms with van der Waals surface area (Å²) in [6.07, 6.45) is 0.505. The third-order valence-corrected chi connectivity index (χ3v) is 2.35. The van der Waals surface area contributed by atoms with E-state index in [-0.39, 0.29) is 0 Å². The van der Waals surface area contributed by atoms with E-state index in [0.29, 0.717) is 11.4 Å². The zero-order valence-corrected chi connectivity index (χ0v) is 7.51. The number of hydrogen-bond acceptors (Lipinski definition) is 2. The summed E-state index contributed by atoms with van der Waals surface area (Å²) in [6, 6.07) is 4.85. The fraction of sp³-hybridized carbons (Fsp3) is 0.222. The topological polar surface area (TPSA) is 49.3 Å². The second-order valence-corrected chi connectivity index (χ2v) is 3.48. The van der Waals surface area contributed by atoms with Crippen LogP contribution >= 0.6 is 11.6 Å². The molecule has 13 heavy (non-hydrogen) atoms. The average Bonchev–Trinajstić information content (AvgIpc) is 2.46. The molecule has 1 aliphatic heterocycles. The van der Waals surface area contributed by atoms with Gasteiger partial charge in [0.15, 0.2) is 0 Å². The molecule has 0 aromatic heterocycles. The molecule has 0 spiro atoms. The first kappa shape index (κ1) is 8.38. The number of aliphatic carboxylic acids is 1. The first-order valence-electron chi connectivity index (χ1n) is 3.94. The molecule has 0 unspecified atom stereocenters. The molecule has 1 atom stereocenters. The lowest BCUT2D eigenvalue weighted by molar-refractivity contribution is -0.137. The van der Waals surface area contributed by atoms with Gasteiger partial charge in [0.05, 0.1) is 0 Å². The second kappa shape index (κ2) is 2.92. The third-order valence-electron chi connectivity index (χ3n) is 2.12. The zero-order valence-electron chi connectivity index (χ0n) is 6.75. The highest BCUT2D eigenvalue weighted by atomic mass is 35.5. The van der Waals surface area contributed by atoms with Crippen LogP contribution in [0, 0.1) is 0 Å². The van der Waals surface area contributed by atoms with E-state index in [4.69, 9.17) is 16.7 Å². The summed E-state index contributed by atoms with van der Waals surface area (Å²) >= 11 is 5.78. The van der Waals surface area contributed by atoms with Crippen molar-refractivity contribution in [2.45, 2.75) is 12.5 Å². The summed E-state index contributed by atoms with van der Waals surface area (Å²) in [5.74, 6) is -0.827. The lowest BCUT2D eigenvalue weighted by Crippen LogP contribution is -2.26. The van der Waals surface area contributed by atoms with Crippen LogP contribution in [0.2, 0.25) is 5.02 Å². The normalized spacial score (nSPS) is 19.3. The van der Waals surface area contributed by atoms with E-state index in [0.717, 1.165) is 11.3 Å². The van der Waals surface area contributed by atoms with Gasteiger partial charge in [-0.1, -0.05) is 11.6 Å². The SMILES string of the molecule is O=C(O)[C@H]1Cc2cc(Cl)ccc2N1. The van der Waals surface area contributed by atoms with Crippen molar-refractivity contribution in [2.24, 2.45) is 0 Å². The summed E-state index contributed by atoms with van der Waals surface area (Å²) in [6.45, 7) is 0. The molecule has 1 aromatic rings. The zero-order chi connectivity index (χ0) is 9.42. The van der Waals surface area contributed by atoms with Gasteiger partial charge >= 0.3 is 5.97 Å². The minimum absolute atomic E-state index is 0.505. The Kier molecular flexibility index (Phi) is 1.88. The van der Waals surface area contributed by atoms with Crippen LogP contribution < -0.4 is 5.32 Å². The van der Waals surface area contributed by atoms with Crippen molar-refractivity contribution in [2.75, 3.05) is 5.32 Å². The Labute approximate surface area is 80.3 Å². The Morgan fingerprint density at radius 1 is 1.62 bits per heavy atom. The smallest absolute Gasteiger partial charge is 0.326 e. The Balaban J connectivity index is 2.30. The Morgan fingerprint density at radius 3 is 3.08 bits per heavy atom. The number of halogens is 1. The fourth-order valence-electron chi connectivity index (χ4n) is 1.48. The maximum absolute atomic E-state index is 10.7. The second-order valence-electron chi connectivity index (χ2n) is 3.04. The number of anilines is 1. The number of carboxylic acid groups (broad SMARTS) is 1. The molecule has 4 heteroatoms. The van der Waals surface area contributed by atoms with Crippen LogP contribution in [0.15, 0.2) is 18.2 Å².